The fourth-order valence-corrected chi connectivity index (χ4v) is 2.82. The third kappa shape index (κ3) is 6.10. The number of carbonyl (C=O) groups excluding carboxylic acids is 2. The first-order valence-electron chi connectivity index (χ1n) is 9.77. The van der Waals surface area contributed by atoms with Crippen LogP contribution in [-0.4, -0.2) is 43.7 Å². The average Bonchev–Trinajstić information content (AvgIpc) is 2.75. The van der Waals surface area contributed by atoms with Gasteiger partial charge in [-0.3, -0.25) is 9.59 Å². The van der Waals surface area contributed by atoms with Crippen molar-refractivity contribution in [1.82, 2.24) is 15.6 Å². The summed E-state index contributed by atoms with van der Waals surface area (Å²) in [4.78, 5) is 29.8. The van der Waals surface area contributed by atoms with Crippen LogP contribution in [0.2, 0.25) is 0 Å². The number of nitrogens with zero attached hydrogens (tertiary/aromatic N) is 1. The minimum Gasteiger partial charge on any atom is -0.497 e. The van der Waals surface area contributed by atoms with E-state index < -0.39 is 11.9 Å². The van der Waals surface area contributed by atoms with E-state index in [4.69, 9.17) is 14.2 Å². The van der Waals surface area contributed by atoms with Gasteiger partial charge in [-0.2, -0.15) is 0 Å². The smallest absolute Gasteiger partial charge is 0.252 e. The average molecular weight is 415 g/mol. The van der Waals surface area contributed by atoms with E-state index in [9.17, 15) is 9.59 Å². The molecule has 8 nitrogen and oxygen atoms in total. The number of hydrogen-bond acceptors (Lipinski definition) is 6. The Morgan fingerprint density at radius 1 is 1.10 bits per heavy atom. The zero-order valence-corrected chi connectivity index (χ0v) is 18.0. The van der Waals surface area contributed by atoms with Crippen LogP contribution in [0.15, 0.2) is 36.5 Å². The number of ether oxygens (including phenoxy) is 3. The second-order valence-electron chi connectivity index (χ2n) is 6.91. The molecule has 1 atom stereocenters. The first-order valence-corrected chi connectivity index (χ1v) is 9.77. The SMILES string of the molecule is CCOc1ncccc1CNC(=O)C(NC(=O)c1cc(OC)cc(OC)c1)C(C)C. The molecule has 1 unspecified atom stereocenters. The summed E-state index contributed by atoms with van der Waals surface area (Å²) in [6, 6.07) is 7.76. The number of methoxy groups -OCH3 is 2. The minimum atomic E-state index is -0.720. The Bertz CT molecular complexity index is 847. The van der Waals surface area contributed by atoms with Crippen molar-refractivity contribution in [3.63, 3.8) is 0 Å². The van der Waals surface area contributed by atoms with E-state index >= 15 is 0 Å². The molecule has 0 bridgehead atoms. The second-order valence-corrected chi connectivity index (χ2v) is 6.91. The quantitative estimate of drug-likeness (QED) is 0.619. The van der Waals surface area contributed by atoms with E-state index in [2.05, 4.69) is 15.6 Å². The molecule has 30 heavy (non-hydrogen) atoms. The standard InChI is InChI=1S/C22H29N3O5/c1-6-30-22-15(8-7-9-23-22)13-24-21(27)19(14(2)3)25-20(26)16-10-17(28-4)12-18(11-16)29-5/h7-12,14,19H,6,13H2,1-5H3,(H,24,27)(H,25,26). The van der Waals surface area contributed by atoms with Gasteiger partial charge in [0.05, 0.1) is 20.8 Å². The number of carbonyl (C=O) groups is 2. The van der Waals surface area contributed by atoms with Crippen molar-refractivity contribution in [1.29, 1.82) is 0 Å². The predicted molar refractivity (Wildman–Crippen MR) is 113 cm³/mol. The van der Waals surface area contributed by atoms with Crippen LogP contribution in [0, 0.1) is 5.92 Å². The lowest BCUT2D eigenvalue weighted by Gasteiger charge is -2.22. The number of benzene rings is 1. The Morgan fingerprint density at radius 3 is 2.33 bits per heavy atom. The third-order valence-corrected chi connectivity index (χ3v) is 4.43. The minimum absolute atomic E-state index is 0.123. The molecule has 8 heteroatoms. The number of amides is 2. The molecule has 2 rings (SSSR count). The number of rotatable bonds is 10. The molecule has 0 aliphatic rings. The highest BCUT2D eigenvalue weighted by Gasteiger charge is 2.25. The Kier molecular flexibility index (Phi) is 8.46. The van der Waals surface area contributed by atoms with Crippen molar-refractivity contribution < 1.29 is 23.8 Å². The molecule has 0 aliphatic heterocycles. The van der Waals surface area contributed by atoms with Crippen LogP contribution >= 0.6 is 0 Å². The summed E-state index contributed by atoms with van der Waals surface area (Å²) < 4.78 is 15.9. The van der Waals surface area contributed by atoms with E-state index in [0.717, 1.165) is 5.56 Å². The summed E-state index contributed by atoms with van der Waals surface area (Å²) in [5.41, 5.74) is 1.11. The van der Waals surface area contributed by atoms with Crippen molar-refractivity contribution in [2.45, 2.75) is 33.4 Å². The molecule has 0 saturated heterocycles. The molecule has 1 aromatic carbocycles. The largest absolute Gasteiger partial charge is 0.497 e. The highest BCUT2D eigenvalue weighted by Crippen LogP contribution is 2.22. The van der Waals surface area contributed by atoms with Crippen molar-refractivity contribution in [2.75, 3.05) is 20.8 Å². The van der Waals surface area contributed by atoms with Gasteiger partial charge in [0.2, 0.25) is 11.8 Å². The molecule has 0 saturated carbocycles. The number of pyridine rings is 1. The Labute approximate surface area is 176 Å². The Hall–Kier alpha value is -3.29. The van der Waals surface area contributed by atoms with Crippen molar-refractivity contribution in [2.24, 2.45) is 5.92 Å². The molecule has 0 fully saturated rings. The van der Waals surface area contributed by atoms with Gasteiger partial charge < -0.3 is 24.8 Å². The number of nitrogens with one attached hydrogen (secondary N) is 2. The summed E-state index contributed by atoms with van der Waals surface area (Å²) in [5, 5.41) is 5.66. The van der Waals surface area contributed by atoms with Gasteiger partial charge in [-0.15, -0.1) is 0 Å². The molecule has 162 valence electrons. The Morgan fingerprint density at radius 2 is 1.77 bits per heavy atom. The molecule has 2 N–H and O–H groups in total. The van der Waals surface area contributed by atoms with E-state index in [1.165, 1.54) is 14.2 Å². The summed E-state index contributed by atoms with van der Waals surface area (Å²) in [5.74, 6) is 0.655. The van der Waals surface area contributed by atoms with Crippen LogP contribution in [0.1, 0.15) is 36.7 Å². The van der Waals surface area contributed by atoms with Crippen LogP contribution in [0.3, 0.4) is 0 Å². The fourth-order valence-electron chi connectivity index (χ4n) is 2.82. The van der Waals surface area contributed by atoms with E-state index in [1.807, 2.05) is 26.8 Å². The van der Waals surface area contributed by atoms with Gasteiger partial charge in [-0.1, -0.05) is 19.9 Å². The van der Waals surface area contributed by atoms with Crippen LogP contribution < -0.4 is 24.8 Å². The van der Waals surface area contributed by atoms with E-state index in [1.54, 1.807) is 30.5 Å². The molecular formula is C22H29N3O5. The lowest BCUT2D eigenvalue weighted by molar-refractivity contribution is -0.124. The van der Waals surface area contributed by atoms with Crippen molar-refractivity contribution in [3.8, 4) is 17.4 Å². The van der Waals surface area contributed by atoms with Gasteiger partial charge >= 0.3 is 0 Å². The molecule has 0 radical (unpaired) electrons. The lowest BCUT2D eigenvalue weighted by Crippen LogP contribution is -2.49. The predicted octanol–water partition coefficient (Wildman–Crippen LogP) is 2.57. The summed E-state index contributed by atoms with van der Waals surface area (Å²) in [6.45, 7) is 6.33. The molecular weight excluding hydrogens is 386 g/mol. The third-order valence-electron chi connectivity index (χ3n) is 4.43. The summed E-state index contributed by atoms with van der Waals surface area (Å²) >= 11 is 0. The first-order chi connectivity index (χ1) is 14.4. The maximum atomic E-state index is 12.8. The van der Waals surface area contributed by atoms with Crippen molar-refractivity contribution >= 4 is 11.8 Å². The molecule has 0 aliphatic carbocycles. The maximum Gasteiger partial charge on any atom is 0.252 e. The van der Waals surface area contributed by atoms with Gasteiger partial charge in [-0.05, 0) is 31.0 Å². The number of aromatic nitrogens is 1. The van der Waals surface area contributed by atoms with Gasteiger partial charge in [0.25, 0.3) is 5.91 Å². The van der Waals surface area contributed by atoms with Crippen LogP contribution in [0.4, 0.5) is 0 Å². The number of hydrogen-bond donors (Lipinski definition) is 2. The van der Waals surface area contributed by atoms with Gasteiger partial charge in [-0.25, -0.2) is 4.98 Å². The van der Waals surface area contributed by atoms with Gasteiger partial charge in [0.15, 0.2) is 0 Å². The maximum absolute atomic E-state index is 12.8. The summed E-state index contributed by atoms with van der Waals surface area (Å²) in [7, 11) is 3.02. The molecule has 2 aromatic rings. The Balaban J connectivity index is 2.10. The highest BCUT2D eigenvalue weighted by atomic mass is 16.5. The van der Waals surface area contributed by atoms with Gasteiger partial charge in [0.1, 0.15) is 17.5 Å². The normalized spacial score (nSPS) is 11.5. The first kappa shape index (κ1) is 23.0. The van der Waals surface area contributed by atoms with Gasteiger partial charge in [0, 0.05) is 29.9 Å². The van der Waals surface area contributed by atoms with E-state index in [-0.39, 0.29) is 18.4 Å². The lowest BCUT2D eigenvalue weighted by atomic mass is 10.0. The second kappa shape index (κ2) is 11.0. The van der Waals surface area contributed by atoms with Crippen LogP contribution in [-0.2, 0) is 11.3 Å². The molecule has 2 amide bonds. The van der Waals surface area contributed by atoms with E-state index in [0.29, 0.717) is 29.5 Å². The van der Waals surface area contributed by atoms with Crippen LogP contribution in [0.25, 0.3) is 0 Å². The monoisotopic (exact) mass is 415 g/mol. The fraction of sp³-hybridized carbons (Fsp3) is 0.409. The zero-order valence-electron chi connectivity index (χ0n) is 18.0. The molecule has 0 spiro atoms. The van der Waals surface area contributed by atoms with Crippen molar-refractivity contribution in [3.05, 3.63) is 47.7 Å². The highest BCUT2D eigenvalue weighted by molar-refractivity contribution is 5.98. The molecule has 1 aromatic heterocycles. The topological polar surface area (TPSA) is 98.8 Å². The van der Waals surface area contributed by atoms with Crippen LogP contribution in [0.5, 0.6) is 17.4 Å². The summed E-state index contributed by atoms with van der Waals surface area (Å²) in [6.07, 6.45) is 1.63. The molecule has 1 heterocycles. The zero-order chi connectivity index (χ0) is 22.1.